The van der Waals surface area contributed by atoms with E-state index in [0.29, 0.717) is 11.3 Å². The molecule has 0 N–H and O–H groups in total. The summed E-state index contributed by atoms with van der Waals surface area (Å²) in [7, 11) is 1.28. The molecule has 116 valence electrons. The summed E-state index contributed by atoms with van der Waals surface area (Å²) < 4.78 is 4.77. The summed E-state index contributed by atoms with van der Waals surface area (Å²) in [5.74, 6) is -0.818. The van der Waals surface area contributed by atoms with Crippen LogP contribution in [0.1, 0.15) is 10.4 Å². The number of ketones is 1. The number of nitrogens with zero attached hydrogens (tertiary/aromatic N) is 1. The summed E-state index contributed by atoms with van der Waals surface area (Å²) in [5.41, 5.74) is 1.35. The largest absolute Gasteiger partial charge is 0.465 e. The van der Waals surface area contributed by atoms with Crippen molar-refractivity contribution in [2.75, 3.05) is 12.2 Å². The van der Waals surface area contributed by atoms with E-state index in [2.05, 4.69) is 0 Å². The van der Waals surface area contributed by atoms with Gasteiger partial charge in [0, 0.05) is 5.56 Å². The molecule has 23 heavy (non-hydrogen) atoms. The van der Waals surface area contributed by atoms with Crippen LogP contribution in [-0.4, -0.2) is 24.9 Å². The van der Waals surface area contributed by atoms with E-state index < -0.39 is 12.0 Å². The average Bonchev–Trinajstić information content (AvgIpc) is 3.07. The monoisotopic (exact) mass is 309 g/mol. The molecule has 5 nitrogen and oxygen atoms in total. The summed E-state index contributed by atoms with van der Waals surface area (Å²) in [6.07, 6.45) is 1.27. The molecule has 1 aliphatic rings. The number of ether oxygens (including phenoxy) is 1. The lowest BCUT2D eigenvalue weighted by molar-refractivity contribution is -0.136. The molecular formula is C18H15NO4. The molecule has 0 bridgehead atoms. The van der Waals surface area contributed by atoms with Crippen molar-refractivity contribution in [2.24, 2.45) is 0 Å². The molecule has 0 spiro atoms. The minimum Gasteiger partial charge on any atom is -0.465 e. The highest BCUT2D eigenvalue weighted by Crippen LogP contribution is 2.29. The van der Waals surface area contributed by atoms with E-state index >= 15 is 0 Å². The van der Waals surface area contributed by atoms with Crippen LogP contribution in [0.15, 0.2) is 72.5 Å². The van der Waals surface area contributed by atoms with Crippen molar-refractivity contribution >= 4 is 17.4 Å². The van der Waals surface area contributed by atoms with Crippen molar-refractivity contribution < 1.29 is 19.2 Å². The molecule has 0 fully saturated rings. The number of carbonyl (C=O) groups excluding carboxylic acids is 2. The SMILES string of the molecule is COC(=O)C1=CON(c2ccccc2)C1C(=O)c1ccccc1. The van der Waals surface area contributed by atoms with Crippen LogP contribution in [-0.2, 0) is 14.4 Å². The third-order valence-electron chi connectivity index (χ3n) is 3.56. The second-order valence-electron chi connectivity index (χ2n) is 4.96. The zero-order valence-electron chi connectivity index (χ0n) is 12.5. The molecule has 0 radical (unpaired) electrons. The molecule has 2 aromatic rings. The van der Waals surface area contributed by atoms with Crippen LogP contribution >= 0.6 is 0 Å². The Morgan fingerprint density at radius 2 is 1.61 bits per heavy atom. The van der Waals surface area contributed by atoms with Crippen LogP contribution in [0.3, 0.4) is 0 Å². The van der Waals surface area contributed by atoms with Gasteiger partial charge < -0.3 is 9.57 Å². The maximum atomic E-state index is 12.9. The topological polar surface area (TPSA) is 55.8 Å². The van der Waals surface area contributed by atoms with E-state index in [9.17, 15) is 9.59 Å². The standard InChI is InChI=1S/C18H15NO4/c1-22-18(21)15-12-23-19(14-10-6-3-7-11-14)16(15)17(20)13-8-4-2-5-9-13/h2-12,16H,1H3. The number of esters is 1. The van der Waals surface area contributed by atoms with Crippen molar-refractivity contribution in [3.63, 3.8) is 0 Å². The number of Topliss-reactive ketones (excluding diaryl/α,β-unsaturated/α-hetero) is 1. The molecule has 1 atom stereocenters. The second-order valence-corrected chi connectivity index (χ2v) is 4.96. The molecule has 0 aliphatic carbocycles. The Hall–Kier alpha value is -3.08. The van der Waals surface area contributed by atoms with Gasteiger partial charge in [0.2, 0.25) is 0 Å². The molecule has 0 saturated carbocycles. The molecule has 1 aliphatic heterocycles. The maximum Gasteiger partial charge on any atom is 0.339 e. The van der Waals surface area contributed by atoms with Gasteiger partial charge in [-0.05, 0) is 12.1 Å². The van der Waals surface area contributed by atoms with Gasteiger partial charge in [0.15, 0.2) is 11.8 Å². The first-order valence-corrected chi connectivity index (χ1v) is 7.11. The molecule has 0 amide bonds. The third kappa shape index (κ3) is 2.81. The van der Waals surface area contributed by atoms with Gasteiger partial charge in [-0.15, -0.1) is 0 Å². The number of benzene rings is 2. The fraction of sp³-hybridized carbons (Fsp3) is 0.111. The summed E-state index contributed by atoms with van der Waals surface area (Å²) in [4.78, 5) is 30.4. The summed E-state index contributed by atoms with van der Waals surface area (Å²) >= 11 is 0. The van der Waals surface area contributed by atoms with Gasteiger partial charge in [-0.3, -0.25) is 4.79 Å². The van der Waals surface area contributed by atoms with Gasteiger partial charge in [-0.1, -0.05) is 48.5 Å². The van der Waals surface area contributed by atoms with E-state index in [0.717, 1.165) is 0 Å². The summed E-state index contributed by atoms with van der Waals surface area (Å²) in [5, 5.41) is 1.42. The lowest BCUT2D eigenvalue weighted by Gasteiger charge is -2.24. The second kappa shape index (κ2) is 6.36. The van der Waals surface area contributed by atoms with Crippen molar-refractivity contribution in [3.05, 3.63) is 78.1 Å². The van der Waals surface area contributed by atoms with Crippen LogP contribution in [0.4, 0.5) is 5.69 Å². The highest BCUT2D eigenvalue weighted by Gasteiger charge is 2.40. The van der Waals surface area contributed by atoms with Gasteiger partial charge in [0.25, 0.3) is 0 Å². The van der Waals surface area contributed by atoms with E-state index in [1.807, 2.05) is 24.3 Å². The fourth-order valence-corrected chi connectivity index (χ4v) is 2.44. The Labute approximate surface area is 133 Å². The quantitative estimate of drug-likeness (QED) is 0.642. The van der Waals surface area contributed by atoms with Gasteiger partial charge in [-0.25, -0.2) is 4.79 Å². The molecule has 2 aromatic carbocycles. The summed E-state index contributed by atoms with van der Waals surface area (Å²) in [6, 6.07) is 17.0. The van der Waals surface area contributed by atoms with Gasteiger partial charge in [-0.2, -0.15) is 5.06 Å². The number of para-hydroxylation sites is 1. The van der Waals surface area contributed by atoms with Gasteiger partial charge in [0.05, 0.1) is 12.8 Å². The number of rotatable bonds is 4. The van der Waals surface area contributed by atoms with E-state index in [1.54, 1.807) is 36.4 Å². The van der Waals surface area contributed by atoms with Crippen LogP contribution in [0.5, 0.6) is 0 Å². The molecule has 3 rings (SSSR count). The van der Waals surface area contributed by atoms with Crippen molar-refractivity contribution in [1.29, 1.82) is 0 Å². The first-order valence-electron chi connectivity index (χ1n) is 7.11. The lowest BCUT2D eigenvalue weighted by atomic mass is 9.98. The predicted molar refractivity (Wildman–Crippen MR) is 84.7 cm³/mol. The molecule has 1 heterocycles. The van der Waals surface area contributed by atoms with E-state index in [-0.39, 0.29) is 11.4 Å². The van der Waals surface area contributed by atoms with Crippen LogP contribution in [0.2, 0.25) is 0 Å². The first kappa shape index (κ1) is 14.8. The van der Waals surface area contributed by atoms with E-state index in [1.165, 1.54) is 18.4 Å². The normalized spacial score (nSPS) is 16.5. The molecule has 1 unspecified atom stereocenters. The fourth-order valence-electron chi connectivity index (χ4n) is 2.44. The number of anilines is 1. The smallest absolute Gasteiger partial charge is 0.339 e. The number of hydroxylamine groups is 1. The number of carbonyl (C=O) groups is 2. The van der Waals surface area contributed by atoms with Crippen molar-refractivity contribution in [3.8, 4) is 0 Å². The van der Waals surface area contributed by atoms with Gasteiger partial charge in [0.1, 0.15) is 11.8 Å². The number of hydrogen-bond acceptors (Lipinski definition) is 5. The number of methoxy groups -OCH3 is 1. The Morgan fingerprint density at radius 3 is 2.22 bits per heavy atom. The highest BCUT2D eigenvalue weighted by molar-refractivity contribution is 6.10. The molecule has 0 aromatic heterocycles. The zero-order chi connectivity index (χ0) is 16.2. The predicted octanol–water partition coefficient (Wildman–Crippen LogP) is 2.75. The first-order chi connectivity index (χ1) is 11.2. The molecule has 0 saturated heterocycles. The lowest BCUT2D eigenvalue weighted by Crippen LogP contribution is -2.40. The number of hydrogen-bond donors (Lipinski definition) is 0. The Morgan fingerprint density at radius 1 is 1.00 bits per heavy atom. The third-order valence-corrected chi connectivity index (χ3v) is 3.56. The minimum atomic E-state index is -0.882. The van der Waals surface area contributed by atoms with Crippen LogP contribution in [0, 0.1) is 0 Å². The summed E-state index contributed by atoms with van der Waals surface area (Å²) in [6.45, 7) is 0. The Balaban J connectivity index is 1.99. The van der Waals surface area contributed by atoms with Gasteiger partial charge >= 0.3 is 5.97 Å². The van der Waals surface area contributed by atoms with E-state index in [4.69, 9.17) is 9.57 Å². The average molecular weight is 309 g/mol. The maximum absolute atomic E-state index is 12.9. The van der Waals surface area contributed by atoms with Crippen molar-refractivity contribution in [2.45, 2.75) is 6.04 Å². The minimum absolute atomic E-state index is 0.171. The highest BCUT2D eigenvalue weighted by atomic mass is 16.7. The van der Waals surface area contributed by atoms with Crippen molar-refractivity contribution in [1.82, 2.24) is 0 Å². The molecular weight excluding hydrogens is 294 g/mol. The Bertz CT molecular complexity index is 740. The molecule has 5 heteroatoms. The van der Waals surface area contributed by atoms with Crippen LogP contribution < -0.4 is 5.06 Å². The zero-order valence-corrected chi connectivity index (χ0v) is 12.5. The Kier molecular flexibility index (Phi) is 4.10. The van der Waals surface area contributed by atoms with Crippen LogP contribution in [0.25, 0.3) is 0 Å².